The van der Waals surface area contributed by atoms with E-state index in [4.69, 9.17) is 0 Å². The number of imide groups is 1. The molecule has 3 aromatic rings. The van der Waals surface area contributed by atoms with Gasteiger partial charge in [-0.05, 0) is 31.5 Å². The van der Waals surface area contributed by atoms with Gasteiger partial charge in [-0.15, -0.1) is 0 Å². The number of para-hydroxylation sites is 1. The van der Waals surface area contributed by atoms with Crippen molar-refractivity contribution in [3.05, 3.63) is 75.8 Å². The molecule has 2 aromatic carbocycles. The number of aromatic nitrogens is 2. The number of benzene rings is 2. The van der Waals surface area contributed by atoms with Crippen molar-refractivity contribution in [1.82, 2.24) is 20.2 Å². The molecule has 1 saturated heterocycles. The zero-order valence-corrected chi connectivity index (χ0v) is 15.7. The molecule has 0 radical (unpaired) electrons. The molecule has 142 valence electrons. The van der Waals surface area contributed by atoms with Gasteiger partial charge in [-0.25, -0.2) is 9.78 Å². The summed E-state index contributed by atoms with van der Waals surface area (Å²) in [7, 11) is 0. The van der Waals surface area contributed by atoms with Gasteiger partial charge >= 0.3 is 6.03 Å². The van der Waals surface area contributed by atoms with Gasteiger partial charge in [0.1, 0.15) is 11.4 Å². The van der Waals surface area contributed by atoms with Crippen LogP contribution in [0.25, 0.3) is 10.9 Å². The molecule has 28 heavy (non-hydrogen) atoms. The highest BCUT2D eigenvalue weighted by Gasteiger charge is 2.48. The zero-order chi connectivity index (χ0) is 19.9. The summed E-state index contributed by atoms with van der Waals surface area (Å²) in [5.74, 6) is 0.123. The van der Waals surface area contributed by atoms with E-state index in [1.54, 1.807) is 25.1 Å². The molecule has 1 aliphatic heterocycles. The second-order valence-electron chi connectivity index (χ2n) is 7.16. The first-order chi connectivity index (χ1) is 13.4. The molecule has 2 heterocycles. The molecule has 7 nitrogen and oxygen atoms in total. The molecule has 0 unspecified atom stereocenters. The Morgan fingerprint density at radius 3 is 2.50 bits per heavy atom. The molecule has 1 aromatic heterocycles. The van der Waals surface area contributed by atoms with Crippen LogP contribution < -0.4 is 10.9 Å². The number of nitrogens with one attached hydrogen (secondary N) is 2. The number of carbonyl (C=O) groups is 2. The third-order valence-corrected chi connectivity index (χ3v) is 5.14. The molecular formula is C21H20N4O3. The van der Waals surface area contributed by atoms with Crippen molar-refractivity contribution in [2.24, 2.45) is 0 Å². The summed E-state index contributed by atoms with van der Waals surface area (Å²) >= 11 is 0. The quantitative estimate of drug-likeness (QED) is 0.683. The van der Waals surface area contributed by atoms with Crippen molar-refractivity contribution in [2.75, 3.05) is 6.54 Å². The number of urea groups is 1. The van der Waals surface area contributed by atoms with Gasteiger partial charge in [0.25, 0.3) is 11.5 Å². The Bertz CT molecular complexity index is 1140. The van der Waals surface area contributed by atoms with Crippen LogP contribution in [0.5, 0.6) is 0 Å². The first kappa shape index (κ1) is 17.9. The maximum absolute atomic E-state index is 13.0. The Morgan fingerprint density at radius 1 is 1.04 bits per heavy atom. The van der Waals surface area contributed by atoms with Gasteiger partial charge in [0, 0.05) is 13.0 Å². The molecule has 0 saturated carbocycles. The summed E-state index contributed by atoms with van der Waals surface area (Å²) in [5, 5.41) is 3.30. The third kappa shape index (κ3) is 2.94. The zero-order valence-electron chi connectivity index (χ0n) is 15.7. The number of carbonyl (C=O) groups excluding carboxylic acids is 2. The summed E-state index contributed by atoms with van der Waals surface area (Å²) in [6.45, 7) is 3.80. The first-order valence-corrected chi connectivity index (χ1v) is 9.08. The fourth-order valence-electron chi connectivity index (χ4n) is 3.45. The van der Waals surface area contributed by atoms with E-state index >= 15 is 0 Å². The van der Waals surface area contributed by atoms with Crippen molar-refractivity contribution in [3.8, 4) is 0 Å². The molecule has 1 fully saturated rings. The van der Waals surface area contributed by atoms with E-state index < -0.39 is 11.6 Å². The lowest BCUT2D eigenvalue weighted by Gasteiger charge is -2.22. The van der Waals surface area contributed by atoms with E-state index in [1.807, 2.05) is 37.3 Å². The summed E-state index contributed by atoms with van der Waals surface area (Å²) < 4.78 is 0. The van der Waals surface area contributed by atoms with E-state index in [0.29, 0.717) is 16.7 Å². The normalized spacial score (nSPS) is 19.3. The van der Waals surface area contributed by atoms with E-state index in [-0.39, 0.29) is 24.4 Å². The highest BCUT2D eigenvalue weighted by atomic mass is 16.2. The van der Waals surface area contributed by atoms with E-state index in [1.165, 1.54) is 4.90 Å². The number of rotatable bonds is 4. The van der Waals surface area contributed by atoms with Crippen LogP contribution in [0.15, 0.2) is 53.3 Å². The van der Waals surface area contributed by atoms with Gasteiger partial charge in [-0.2, -0.15) is 0 Å². The number of fused-ring (bicyclic) bond motifs is 1. The van der Waals surface area contributed by atoms with Gasteiger partial charge in [-0.3, -0.25) is 14.5 Å². The predicted octanol–water partition coefficient (Wildman–Crippen LogP) is 2.24. The van der Waals surface area contributed by atoms with E-state index in [2.05, 4.69) is 15.3 Å². The second-order valence-corrected chi connectivity index (χ2v) is 7.16. The van der Waals surface area contributed by atoms with Crippen LogP contribution in [0.1, 0.15) is 23.9 Å². The maximum Gasteiger partial charge on any atom is 0.325 e. The Morgan fingerprint density at radius 2 is 1.75 bits per heavy atom. The Balaban J connectivity index is 1.56. The maximum atomic E-state index is 13.0. The molecular weight excluding hydrogens is 356 g/mol. The Kier molecular flexibility index (Phi) is 4.22. The Hall–Kier alpha value is -3.48. The number of hydrogen-bond acceptors (Lipinski definition) is 4. The van der Waals surface area contributed by atoms with Crippen molar-refractivity contribution in [3.63, 3.8) is 0 Å². The minimum atomic E-state index is -1.10. The summed E-state index contributed by atoms with van der Waals surface area (Å²) in [6, 6.07) is 14.1. The van der Waals surface area contributed by atoms with Crippen molar-refractivity contribution >= 4 is 22.8 Å². The molecule has 1 aliphatic rings. The predicted molar refractivity (Wildman–Crippen MR) is 105 cm³/mol. The van der Waals surface area contributed by atoms with Crippen LogP contribution in [-0.4, -0.2) is 33.4 Å². The summed E-state index contributed by atoms with van der Waals surface area (Å²) in [4.78, 5) is 45.9. The standard InChI is InChI=1S/C21H20N4O3/c1-13-7-9-14(10-8-13)21(2)19(27)25(20(28)24-21)12-11-17-22-16-6-4-3-5-15(16)18(26)23-17/h3-10H,11-12H2,1-2H3,(H,24,28)(H,22,23,26)/t21-/m1/s1. The van der Waals surface area contributed by atoms with E-state index in [0.717, 1.165) is 11.1 Å². The smallest absolute Gasteiger partial charge is 0.319 e. The largest absolute Gasteiger partial charge is 0.325 e. The Labute approximate surface area is 161 Å². The molecule has 4 rings (SSSR count). The molecule has 0 spiro atoms. The number of amides is 3. The lowest BCUT2D eigenvalue weighted by molar-refractivity contribution is -0.131. The number of hydrogen-bond donors (Lipinski definition) is 2. The lowest BCUT2D eigenvalue weighted by Crippen LogP contribution is -2.41. The molecule has 7 heteroatoms. The van der Waals surface area contributed by atoms with Gasteiger partial charge in [0.15, 0.2) is 0 Å². The molecule has 0 bridgehead atoms. The average molecular weight is 376 g/mol. The fourth-order valence-corrected chi connectivity index (χ4v) is 3.45. The number of nitrogens with zero attached hydrogens (tertiary/aromatic N) is 2. The van der Waals surface area contributed by atoms with Crippen molar-refractivity contribution in [2.45, 2.75) is 25.8 Å². The number of H-pyrrole nitrogens is 1. The van der Waals surface area contributed by atoms with E-state index in [9.17, 15) is 14.4 Å². The van der Waals surface area contributed by atoms with Gasteiger partial charge in [0.2, 0.25) is 0 Å². The minimum absolute atomic E-state index is 0.132. The fraction of sp³-hybridized carbons (Fsp3) is 0.238. The average Bonchev–Trinajstić information content (AvgIpc) is 2.90. The SMILES string of the molecule is Cc1ccc([C@@]2(C)NC(=O)N(CCc3nc4ccccc4c(=O)[nH]3)C2=O)cc1. The summed E-state index contributed by atoms with van der Waals surface area (Å²) in [6.07, 6.45) is 0.267. The number of aromatic amines is 1. The molecule has 0 aliphatic carbocycles. The summed E-state index contributed by atoms with van der Waals surface area (Å²) in [5.41, 5.74) is 1.06. The highest BCUT2D eigenvalue weighted by molar-refractivity contribution is 6.07. The van der Waals surface area contributed by atoms with Crippen LogP contribution in [0.3, 0.4) is 0 Å². The minimum Gasteiger partial charge on any atom is -0.319 e. The lowest BCUT2D eigenvalue weighted by atomic mass is 9.91. The highest BCUT2D eigenvalue weighted by Crippen LogP contribution is 2.29. The number of aryl methyl sites for hydroxylation is 1. The molecule has 3 amide bonds. The van der Waals surface area contributed by atoms with Gasteiger partial charge in [0.05, 0.1) is 10.9 Å². The second kappa shape index (κ2) is 6.60. The molecule has 1 atom stereocenters. The van der Waals surface area contributed by atoms with Crippen LogP contribution >= 0.6 is 0 Å². The first-order valence-electron chi connectivity index (χ1n) is 9.08. The monoisotopic (exact) mass is 376 g/mol. The van der Waals surface area contributed by atoms with Crippen LogP contribution in [0.2, 0.25) is 0 Å². The van der Waals surface area contributed by atoms with Crippen molar-refractivity contribution < 1.29 is 9.59 Å². The topological polar surface area (TPSA) is 95.2 Å². The van der Waals surface area contributed by atoms with Crippen LogP contribution in [-0.2, 0) is 16.8 Å². The van der Waals surface area contributed by atoms with Crippen molar-refractivity contribution in [1.29, 1.82) is 0 Å². The molecule has 2 N–H and O–H groups in total. The van der Waals surface area contributed by atoms with Crippen LogP contribution in [0.4, 0.5) is 4.79 Å². The third-order valence-electron chi connectivity index (χ3n) is 5.14. The van der Waals surface area contributed by atoms with Gasteiger partial charge in [-0.1, -0.05) is 42.0 Å². The van der Waals surface area contributed by atoms with Gasteiger partial charge < -0.3 is 10.3 Å². The van der Waals surface area contributed by atoms with Crippen LogP contribution in [0, 0.1) is 6.92 Å².